The van der Waals surface area contributed by atoms with Gasteiger partial charge in [0.25, 0.3) is 5.56 Å². The molecule has 0 N–H and O–H groups in total. The summed E-state index contributed by atoms with van der Waals surface area (Å²) in [6.07, 6.45) is 0.583. The van der Waals surface area contributed by atoms with E-state index in [9.17, 15) is 9.59 Å². The van der Waals surface area contributed by atoms with Gasteiger partial charge in [0.1, 0.15) is 11.1 Å². The molecule has 2 heterocycles. The normalized spacial score (nSPS) is 15.6. The van der Waals surface area contributed by atoms with Gasteiger partial charge in [-0.15, -0.1) is 11.8 Å². The molecule has 0 amide bonds. The molecule has 1 aliphatic rings. The zero-order valence-electron chi connectivity index (χ0n) is 19.0. The summed E-state index contributed by atoms with van der Waals surface area (Å²) in [5.74, 6) is 0.815. The number of thioether (sulfide) groups is 1. The molecule has 0 saturated carbocycles. The van der Waals surface area contributed by atoms with Crippen molar-refractivity contribution < 1.29 is 14.3 Å². The number of carbonyl (C=O) groups excluding carboxylic acids is 1. The number of hydrogen-bond donors (Lipinski definition) is 0. The first-order valence-electron chi connectivity index (χ1n) is 10.9. The quantitative estimate of drug-likeness (QED) is 0.356. The molecule has 168 valence electrons. The molecule has 0 aliphatic carbocycles. The number of fused-ring (bicyclic) bond motifs is 2. The van der Waals surface area contributed by atoms with Crippen LogP contribution in [0.5, 0.6) is 5.75 Å². The van der Waals surface area contributed by atoms with Gasteiger partial charge < -0.3 is 9.47 Å². The Balaban J connectivity index is 1.64. The first kappa shape index (κ1) is 22.7. The predicted molar refractivity (Wildman–Crippen MR) is 133 cm³/mol. The minimum atomic E-state index is -1.30. The fourth-order valence-corrected chi connectivity index (χ4v) is 6.04. The Morgan fingerprint density at radius 3 is 2.62 bits per heavy atom. The summed E-state index contributed by atoms with van der Waals surface area (Å²) in [6.45, 7) is 7.15. The Kier molecular flexibility index (Phi) is 6.49. The number of hydrogen-bond acceptors (Lipinski definition) is 5. The van der Waals surface area contributed by atoms with Crippen LogP contribution >= 0.6 is 11.8 Å². The van der Waals surface area contributed by atoms with Gasteiger partial charge in [-0.2, -0.15) is 0 Å². The van der Waals surface area contributed by atoms with Gasteiger partial charge in [0.15, 0.2) is 5.75 Å². The van der Waals surface area contributed by atoms with Crippen molar-refractivity contribution in [1.29, 1.82) is 0 Å². The zero-order chi connectivity index (χ0) is 22.9. The minimum Gasteiger partial charge on any atom is -0.494 e. The summed E-state index contributed by atoms with van der Waals surface area (Å²) in [6, 6.07) is 16.3. The van der Waals surface area contributed by atoms with Crippen molar-refractivity contribution in [2.75, 3.05) is 19.5 Å². The maximum atomic E-state index is 13.1. The Morgan fingerprint density at radius 1 is 1.12 bits per heavy atom. The SMILES string of the molecule is COc1c(Cc2cccc3ccccc23)cc(=O)n2c1SC[C@H]2C(=O)OCC[Si](C)(C)C. The van der Waals surface area contributed by atoms with E-state index >= 15 is 0 Å². The molecule has 1 aromatic heterocycles. The van der Waals surface area contributed by atoms with E-state index in [0.717, 1.165) is 27.9 Å². The zero-order valence-corrected chi connectivity index (χ0v) is 20.8. The summed E-state index contributed by atoms with van der Waals surface area (Å²) >= 11 is 1.48. The third-order valence-corrected chi connectivity index (χ3v) is 8.60. The highest BCUT2D eigenvalue weighted by Gasteiger charge is 2.34. The van der Waals surface area contributed by atoms with Crippen LogP contribution in [0.1, 0.15) is 17.2 Å². The molecule has 1 aliphatic heterocycles. The molecule has 0 bridgehead atoms. The van der Waals surface area contributed by atoms with Crippen molar-refractivity contribution >= 4 is 36.6 Å². The second-order valence-electron chi connectivity index (χ2n) is 9.34. The Hall–Kier alpha value is -2.51. The molecular formula is C25H29NO4SSi. The van der Waals surface area contributed by atoms with Crippen molar-refractivity contribution in [3.8, 4) is 5.75 Å². The second-order valence-corrected chi connectivity index (χ2v) is 16.0. The van der Waals surface area contributed by atoms with E-state index in [1.807, 2.05) is 18.2 Å². The molecule has 0 radical (unpaired) electrons. The monoisotopic (exact) mass is 467 g/mol. The van der Waals surface area contributed by atoms with E-state index in [0.29, 0.717) is 29.6 Å². The number of methoxy groups -OCH3 is 1. The van der Waals surface area contributed by atoms with Crippen LogP contribution in [-0.4, -0.2) is 38.1 Å². The molecule has 0 spiro atoms. The Bertz CT molecular complexity index is 1210. The van der Waals surface area contributed by atoms with Crippen LogP contribution in [0.25, 0.3) is 10.8 Å². The van der Waals surface area contributed by atoms with Gasteiger partial charge in [-0.1, -0.05) is 62.1 Å². The fourth-order valence-electron chi connectivity index (χ4n) is 4.02. The lowest BCUT2D eigenvalue weighted by atomic mass is 9.98. The largest absolute Gasteiger partial charge is 0.494 e. The van der Waals surface area contributed by atoms with Gasteiger partial charge >= 0.3 is 5.97 Å². The van der Waals surface area contributed by atoms with Crippen LogP contribution in [0.3, 0.4) is 0 Å². The average Bonchev–Trinajstić information content (AvgIpc) is 3.19. The van der Waals surface area contributed by atoms with Gasteiger partial charge in [-0.05, 0) is 22.4 Å². The van der Waals surface area contributed by atoms with Gasteiger partial charge in [-0.25, -0.2) is 4.79 Å². The van der Waals surface area contributed by atoms with Crippen molar-refractivity contribution in [3.05, 3.63) is 70.0 Å². The molecule has 2 aromatic carbocycles. The van der Waals surface area contributed by atoms with Crippen LogP contribution in [0, 0.1) is 0 Å². The highest BCUT2D eigenvalue weighted by Crippen LogP contribution is 2.41. The van der Waals surface area contributed by atoms with E-state index in [2.05, 4.69) is 43.9 Å². The Morgan fingerprint density at radius 2 is 1.88 bits per heavy atom. The minimum absolute atomic E-state index is 0.187. The number of nitrogens with zero attached hydrogens (tertiary/aromatic N) is 1. The molecular weight excluding hydrogens is 438 g/mol. The molecule has 4 rings (SSSR count). The van der Waals surface area contributed by atoms with Crippen molar-refractivity contribution in [1.82, 2.24) is 4.57 Å². The molecule has 7 heteroatoms. The molecule has 32 heavy (non-hydrogen) atoms. The van der Waals surface area contributed by atoms with E-state index in [1.165, 1.54) is 11.8 Å². The van der Waals surface area contributed by atoms with E-state index in [-0.39, 0.29) is 11.5 Å². The number of aromatic nitrogens is 1. The summed E-state index contributed by atoms with van der Waals surface area (Å²) in [5, 5.41) is 3.04. The molecule has 3 aromatic rings. The third-order valence-electron chi connectivity index (χ3n) is 5.76. The maximum absolute atomic E-state index is 13.1. The molecule has 0 unspecified atom stereocenters. The molecule has 0 saturated heterocycles. The molecule has 1 atom stereocenters. The van der Waals surface area contributed by atoms with Gasteiger partial charge in [-0.3, -0.25) is 9.36 Å². The van der Waals surface area contributed by atoms with Crippen LogP contribution in [-0.2, 0) is 16.0 Å². The number of carbonyl (C=O) groups is 1. The van der Waals surface area contributed by atoms with Gasteiger partial charge in [0.2, 0.25) is 0 Å². The summed E-state index contributed by atoms with van der Waals surface area (Å²) < 4.78 is 12.8. The van der Waals surface area contributed by atoms with Crippen molar-refractivity contribution in [2.24, 2.45) is 0 Å². The highest BCUT2D eigenvalue weighted by atomic mass is 32.2. The van der Waals surface area contributed by atoms with Crippen LogP contribution in [0.2, 0.25) is 25.7 Å². The van der Waals surface area contributed by atoms with E-state index < -0.39 is 14.1 Å². The first-order valence-corrected chi connectivity index (χ1v) is 15.6. The standard InChI is InChI=1S/C25H29NO4SSi/c1-29-23-19(14-18-10-7-9-17-8-5-6-11-20(17)18)15-22(27)26-21(16-31-24(23)26)25(28)30-12-13-32(2,3)4/h5-11,15,21H,12-14,16H2,1-4H3/t21-/m0/s1. The van der Waals surface area contributed by atoms with Gasteiger partial charge in [0.05, 0.1) is 13.7 Å². The lowest BCUT2D eigenvalue weighted by Crippen LogP contribution is -2.31. The molecule has 0 fully saturated rings. The number of ether oxygens (including phenoxy) is 2. The number of pyridine rings is 1. The highest BCUT2D eigenvalue weighted by molar-refractivity contribution is 7.99. The predicted octanol–water partition coefficient (Wildman–Crippen LogP) is 5.13. The number of esters is 1. The van der Waals surface area contributed by atoms with E-state index in [4.69, 9.17) is 9.47 Å². The van der Waals surface area contributed by atoms with Crippen molar-refractivity contribution in [2.45, 2.75) is 43.2 Å². The topological polar surface area (TPSA) is 57.5 Å². The van der Waals surface area contributed by atoms with Crippen LogP contribution in [0.15, 0.2) is 58.4 Å². The van der Waals surface area contributed by atoms with Gasteiger partial charge in [0, 0.05) is 31.9 Å². The third kappa shape index (κ3) is 4.64. The fraction of sp³-hybridized carbons (Fsp3) is 0.360. The lowest BCUT2D eigenvalue weighted by molar-refractivity contribution is -0.146. The van der Waals surface area contributed by atoms with E-state index in [1.54, 1.807) is 17.7 Å². The summed E-state index contributed by atoms with van der Waals surface area (Å²) in [7, 11) is 0.322. The Labute approximate surface area is 193 Å². The lowest BCUT2D eigenvalue weighted by Gasteiger charge is -2.19. The average molecular weight is 468 g/mol. The number of rotatable bonds is 7. The maximum Gasteiger partial charge on any atom is 0.330 e. The summed E-state index contributed by atoms with van der Waals surface area (Å²) in [4.78, 5) is 25.8. The van der Waals surface area contributed by atoms with Crippen LogP contribution in [0.4, 0.5) is 0 Å². The second kappa shape index (κ2) is 9.15. The summed E-state index contributed by atoms with van der Waals surface area (Å²) in [5.41, 5.74) is 1.78. The number of benzene rings is 2. The molecule has 5 nitrogen and oxygen atoms in total. The smallest absolute Gasteiger partial charge is 0.330 e. The van der Waals surface area contributed by atoms with Crippen molar-refractivity contribution in [3.63, 3.8) is 0 Å². The van der Waals surface area contributed by atoms with Crippen LogP contribution < -0.4 is 10.3 Å². The first-order chi connectivity index (χ1) is 15.3.